The predicted octanol–water partition coefficient (Wildman–Crippen LogP) is 6.09. The van der Waals surface area contributed by atoms with Gasteiger partial charge in [-0.05, 0) is 83.9 Å². The molecule has 0 radical (unpaired) electrons. The third-order valence-corrected chi connectivity index (χ3v) is 7.28. The Morgan fingerprint density at radius 3 is 2.55 bits per heavy atom. The van der Waals surface area contributed by atoms with E-state index in [2.05, 4.69) is 35.9 Å². The van der Waals surface area contributed by atoms with Gasteiger partial charge in [0, 0.05) is 48.6 Å². The van der Waals surface area contributed by atoms with Gasteiger partial charge in [-0.1, -0.05) is 6.07 Å². The molecule has 210 valence electrons. The van der Waals surface area contributed by atoms with Crippen LogP contribution >= 0.6 is 15.9 Å². The van der Waals surface area contributed by atoms with Crippen molar-refractivity contribution >= 4 is 38.9 Å². The van der Waals surface area contributed by atoms with Crippen molar-refractivity contribution in [1.29, 1.82) is 0 Å². The van der Waals surface area contributed by atoms with Crippen LogP contribution in [-0.2, 0) is 6.54 Å². The van der Waals surface area contributed by atoms with Crippen molar-refractivity contribution < 1.29 is 27.1 Å². The fraction of sp³-hybridized carbons (Fsp3) is 0.286. The number of pyridine rings is 1. The van der Waals surface area contributed by atoms with Crippen LogP contribution in [0, 0.1) is 12.7 Å². The maximum Gasteiger partial charge on any atom is 0.573 e. The first-order chi connectivity index (χ1) is 19.0. The minimum atomic E-state index is -4.74. The number of imidazole rings is 1. The van der Waals surface area contributed by atoms with Gasteiger partial charge in [0.1, 0.15) is 22.9 Å². The van der Waals surface area contributed by atoms with Crippen molar-refractivity contribution in [3.8, 4) is 5.75 Å². The van der Waals surface area contributed by atoms with Crippen molar-refractivity contribution in [1.82, 2.24) is 14.7 Å². The average molecular weight is 620 g/mol. The van der Waals surface area contributed by atoms with E-state index in [1.165, 1.54) is 18.2 Å². The number of carbonyl (C=O) groups excluding carboxylic acids is 1. The normalized spacial score (nSPS) is 15.9. The molecule has 1 amide bonds. The minimum absolute atomic E-state index is 0.0183. The molecule has 2 aromatic carbocycles. The molecule has 0 saturated carbocycles. The van der Waals surface area contributed by atoms with Gasteiger partial charge in [-0.25, -0.2) is 9.37 Å². The number of amides is 1. The van der Waals surface area contributed by atoms with Crippen LogP contribution in [0.15, 0.2) is 65.3 Å². The zero-order valence-electron chi connectivity index (χ0n) is 21.7. The molecular formula is C28H26BrF4N5O2. The zero-order valence-corrected chi connectivity index (χ0v) is 23.3. The number of nitrogens with one attached hydrogen (secondary N) is 1. The SMILES string of the molecule is Cc1nc2ccc(Br)cn2c1C(=O)NCc1ccc(N2CCN(c3ccc(OC(F)(F)F)cc3)[C@@H](C)C2)c(F)c1. The molecule has 1 fully saturated rings. The van der Waals surface area contributed by atoms with E-state index >= 15 is 4.39 Å². The number of alkyl halides is 3. The number of fused-ring (bicyclic) bond motifs is 1. The first kappa shape index (κ1) is 27.8. The highest BCUT2D eigenvalue weighted by molar-refractivity contribution is 9.10. The lowest BCUT2D eigenvalue weighted by Crippen LogP contribution is -2.52. The third kappa shape index (κ3) is 6.01. The molecule has 1 aliphatic rings. The number of halogens is 5. The molecule has 5 rings (SSSR count). The Kier molecular flexibility index (Phi) is 7.63. The molecule has 2 aromatic heterocycles. The summed E-state index contributed by atoms with van der Waals surface area (Å²) in [4.78, 5) is 21.4. The van der Waals surface area contributed by atoms with Gasteiger partial charge in [0.25, 0.3) is 5.91 Å². The van der Waals surface area contributed by atoms with E-state index in [1.54, 1.807) is 41.8 Å². The van der Waals surface area contributed by atoms with Gasteiger partial charge in [-0.3, -0.25) is 9.20 Å². The van der Waals surface area contributed by atoms with Gasteiger partial charge in [0.15, 0.2) is 0 Å². The van der Waals surface area contributed by atoms with E-state index in [0.717, 1.165) is 10.2 Å². The molecule has 0 spiro atoms. The molecule has 0 unspecified atom stereocenters. The number of hydrogen-bond donors (Lipinski definition) is 1. The van der Waals surface area contributed by atoms with E-state index in [9.17, 15) is 18.0 Å². The highest BCUT2D eigenvalue weighted by atomic mass is 79.9. The number of aryl methyl sites for hydroxylation is 1. The lowest BCUT2D eigenvalue weighted by molar-refractivity contribution is -0.274. The molecule has 0 aliphatic carbocycles. The summed E-state index contributed by atoms with van der Waals surface area (Å²) in [6.45, 7) is 5.51. The van der Waals surface area contributed by atoms with Crippen molar-refractivity contribution in [2.75, 3.05) is 29.4 Å². The lowest BCUT2D eigenvalue weighted by Gasteiger charge is -2.42. The Labute approximate surface area is 236 Å². The predicted molar refractivity (Wildman–Crippen MR) is 147 cm³/mol. The van der Waals surface area contributed by atoms with E-state index < -0.39 is 12.2 Å². The Morgan fingerprint density at radius 1 is 1.12 bits per heavy atom. The fourth-order valence-corrected chi connectivity index (χ4v) is 5.33. The van der Waals surface area contributed by atoms with Crippen LogP contribution in [0.5, 0.6) is 5.75 Å². The molecule has 40 heavy (non-hydrogen) atoms. The van der Waals surface area contributed by atoms with E-state index in [4.69, 9.17) is 0 Å². The molecule has 1 atom stereocenters. The van der Waals surface area contributed by atoms with Crippen molar-refractivity contribution in [3.05, 3.63) is 88.0 Å². The summed E-state index contributed by atoms with van der Waals surface area (Å²) >= 11 is 3.41. The minimum Gasteiger partial charge on any atom is -0.406 e. The molecule has 1 N–H and O–H groups in total. The number of benzene rings is 2. The van der Waals surface area contributed by atoms with E-state index in [0.29, 0.717) is 47.9 Å². The number of carbonyl (C=O) groups is 1. The molecular weight excluding hydrogens is 594 g/mol. The zero-order chi connectivity index (χ0) is 28.6. The lowest BCUT2D eigenvalue weighted by atomic mass is 10.1. The van der Waals surface area contributed by atoms with Crippen LogP contribution in [-0.4, -0.2) is 47.3 Å². The second kappa shape index (κ2) is 11.0. The Morgan fingerprint density at radius 2 is 1.88 bits per heavy atom. The van der Waals surface area contributed by atoms with Crippen LogP contribution in [0.3, 0.4) is 0 Å². The molecule has 12 heteroatoms. The Hall–Kier alpha value is -3.80. The summed E-state index contributed by atoms with van der Waals surface area (Å²) < 4.78 is 59.0. The van der Waals surface area contributed by atoms with E-state index in [1.807, 2.05) is 24.0 Å². The van der Waals surface area contributed by atoms with Crippen molar-refractivity contribution in [2.45, 2.75) is 32.8 Å². The third-order valence-electron chi connectivity index (χ3n) is 6.81. The van der Waals surface area contributed by atoms with Gasteiger partial charge in [-0.15, -0.1) is 13.2 Å². The summed E-state index contributed by atoms with van der Waals surface area (Å²) in [7, 11) is 0. The molecule has 7 nitrogen and oxygen atoms in total. The van der Waals surface area contributed by atoms with Crippen LogP contribution in [0.2, 0.25) is 0 Å². The highest BCUT2D eigenvalue weighted by Gasteiger charge is 2.31. The van der Waals surface area contributed by atoms with Gasteiger partial charge in [-0.2, -0.15) is 0 Å². The van der Waals surface area contributed by atoms with Crippen molar-refractivity contribution in [3.63, 3.8) is 0 Å². The van der Waals surface area contributed by atoms with Crippen LogP contribution < -0.4 is 19.9 Å². The highest BCUT2D eigenvalue weighted by Crippen LogP contribution is 2.29. The Balaban J connectivity index is 1.21. The largest absolute Gasteiger partial charge is 0.573 e. The van der Waals surface area contributed by atoms with Gasteiger partial charge >= 0.3 is 6.36 Å². The fourth-order valence-electron chi connectivity index (χ4n) is 4.99. The first-order valence-electron chi connectivity index (χ1n) is 12.6. The molecule has 1 saturated heterocycles. The van der Waals surface area contributed by atoms with E-state index in [-0.39, 0.29) is 24.2 Å². The average Bonchev–Trinajstić information content (AvgIpc) is 3.22. The quantitative estimate of drug-likeness (QED) is 0.265. The van der Waals surface area contributed by atoms with Crippen LogP contribution in [0.4, 0.5) is 28.9 Å². The second-order valence-corrected chi connectivity index (χ2v) is 10.5. The number of nitrogens with zero attached hydrogens (tertiary/aromatic N) is 4. The van der Waals surface area contributed by atoms with Crippen molar-refractivity contribution in [2.24, 2.45) is 0 Å². The number of hydrogen-bond acceptors (Lipinski definition) is 5. The monoisotopic (exact) mass is 619 g/mol. The maximum absolute atomic E-state index is 15.2. The smallest absolute Gasteiger partial charge is 0.406 e. The summed E-state index contributed by atoms with van der Waals surface area (Å²) in [5.41, 5.74) is 3.51. The summed E-state index contributed by atoms with van der Waals surface area (Å²) in [6, 6.07) is 14.3. The summed E-state index contributed by atoms with van der Waals surface area (Å²) in [6.07, 6.45) is -2.96. The second-order valence-electron chi connectivity index (χ2n) is 9.62. The molecule has 1 aliphatic heterocycles. The van der Waals surface area contributed by atoms with Gasteiger partial charge < -0.3 is 19.9 Å². The molecule has 3 heterocycles. The number of piperazine rings is 1. The van der Waals surface area contributed by atoms with Crippen LogP contribution in [0.25, 0.3) is 5.65 Å². The maximum atomic E-state index is 15.2. The van der Waals surface area contributed by atoms with Gasteiger partial charge in [0.05, 0.1) is 11.4 Å². The summed E-state index contributed by atoms with van der Waals surface area (Å²) in [5, 5.41) is 2.85. The Bertz CT molecular complexity index is 1540. The summed E-state index contributed by atoms with van der Waals surface area (Å²) in [5.74, 6) is -0.978. The molecule has 0 bridgehead atoms. The number of ether oxygens (including phenoxy) is 1. The topological polar surface area (TPSA) is 62.1 Å². The van der Waals surface area contributed by atoms with Gasteiger partial charge in [0.2, 0.25) is 0 Å². The number of anilines is 2. The first-order valence-corrected chi connectivity index (χ1v) is 13.4. The molecule has 4 aromatic rings. The van der Waals surface area contributed by atoms with Crippen LogP contribution in [0.1, 0.15) is 28.7 Å². The number of rotatable bonds is 6. The number of aromatic nitrogens is 2. The standard InChI is InChI=1S/C28H26BrF4N5O2/c1-17-15-36(11-12-37(17)21-5-7-22(8-6-21)40-28(31,32)33)24-9-3-19(13-23(24)30)14-34-27(39)26-18(2)35-25-10-4-20(29)16-38(25)26/h3-10,13,16-17H,11-12,14-15H2,1-2H3,(H,34,39)/t17-/m0/s1.